The van der Waals surface area contributed by atoms with Gasteiger partial charge in [0.15, 0.2) is 11.2 Å². The fourth-order valence-corrected chi connectivity index (χ4v) is 4.12. The van der Waals surface area contributed by atoms with E-state index in [1.54, 1.807) is 26.5 Å². The molecule has 1 aromatic carbocycles. The minimum atomic E-state index is -1.09. The van der Waals surface area contributed by atoms with Crippen LogP contribution < -0.4 is 4.74 Å². The van der Waals surface area contributed by atoms with Crippen LogP contribution in [0.15, 0.2) is 30.6 Å². The third-order valence-electron chi connectivity index (χ3n) is 5.74. The lowest BCUT2D eigenvalue weighted by Crippen LogP contribution is -2.29. The molecule has 0 aliphatic carbocycles. The molecule has 9 heteroatoms. The third-order valence-corrected chi connectivity index (χ3v) is 5.74. The monoisotopic (exact) mass is 461 g/mol. The Bertz CT molecular complexity index is 1450. The summed E-state index contributed by atoms with van der Waals surface area (Å²) >= 11 is 0. The Morgan fingerprint density at radius 2 is 1.94 bits per heavy atom. The summed E-state index contributed by atoms with van der Waals surface area (Å²) in [4.78, 5) is 25.2. The van der Waals surface area contributed by atoms with Crippen LogP contribution >= 0.6 is 0 Å². The van der Waals surface area contributed by atoms with Gasteiger partial charge in [-0.15, -0.1) is 0 Å². The maximum absolute atomic E-state index is 12.9. The van der Waals surface area contributed by atoms with Gasteiger partial charge in [0.25, 0.3) is 0 Å². The van der Waals surface area contributed by atoms with Crippen LogP contribution in [0.3, 0.4) is 0 Å². The molecule has 3 aromatic heterocycles. The smallest absolute Gasteiger partial charge is 0.419 e. The Labute approximate surface area is 197 Å². The normalized spacial score (nSPS) is 13.6. The van der Waals surface area contributed by atoms with Gasteiger partial charge in [0.1, 0.15) is 28.8 Å². The van der Waals surface area contributed by atoms with Gasteiger partial charge in [-0.25, -0.2) is 14.8 Å². The summed E-state index contributed by atoms with van der Waals surface area (Å²) in [6.45, 7) is 9.26. The summed E-state index contributed by atoms with van der Waals surface area (Å²) < 4.78 is 18.9. The van der Waals surface area contributed by atoms with E-state index < -0.39 is 17.3 Å². The number of rotatable bonds is 4. The van der Waals surface area contributed by atoms with Gasteiger partial charge in [-0.1, -0.05) is 0 Å². The van der Waals surface area contributed by atoms with E-state index in [-0.39, 0.29) is 0 Å². The first-order chi connectivity index (χ1) is 16.0. The van der Waals surface area contributed by atoms with Crippen molar-refractivity contribution in [3.63, 3.8) is 0 Å². The quantitative estimate of drug-likeness (QED) is 0.464. The molecule has 1 N–H and O–H groups in total. The molecule has 0 fully saturated rings. The summed E-state index contributed by atoms with van der Waals surface area (Å²) in [5, 5.41) is 9.97. The van der Waals surface area contributed by atoms with Crippen molar-refractivity contribution >= 4 is 28.2 Å². The number of aryl methyl sites for hydroxylation is 1. The number of benzene rings is 1. The molecule has 0 saturated carbocycles. The molecule has 0 bridgehead atoms. The summed E-state index contributed by atoms with van der Waals surface area (Å²) in [7, 11) is 3.17. The van der Waals surface area contributed by atoms with Gasteiger partial charge >= 0.3 is 6.09 Å². The zero-order valence-corrected chi connectivity index (χ0v) is 20.3. The Balaban J connectivity index is 1.97. The number of carbonyl (C=O) groups is 1. The van der Waals surface area contributed by atoms with E-state index in [1.807, 2.05) is 46.8 Å². The second kappa shape index (κ2) is 8.15. The van der Waals surface area contributed by atoms with Crippen molar-refractivity contribution in [3.8, 4) is 11.8 Å². The first-order valence-electron chi connectivity index (χ1n) is 10.8. The van der Waals surface area contributed by atoms with Crippen molar-refractivity contribution in [1.29, 1.82) is 5.26 Å². The number of nitrogens with zero attached hydrogens (tertiary/aromatic N) is 4. The Kier molecular flexibility index (Phi) is 5.58. The summed E-state index contributed by atoms with van der Waals surface area (Å²) in [6.07, 6.45) is 2.70. The number of aromatic nitrogens is 4. The third kappa shape index (κ3) is 3.76. The number of hydrogen-bond donors (Lipinski definition) is 1. The van der Waals surface area contributed by atoms with E-state index in [9.17, 15) is 10.1 Å². The second-order valence-electron chi connectivity index (χ2n) is 9.23. The predicted molar refractivity (Wildman–Crippen MR) is 127 cm³/mol. The zero-order chi connectivity index (χ0) is 24.8. The minimum Gasteiger partial charge on any atom is -0.496 e. The van der Waals surface area contributed by atoms with Gasteiger partial charge in [0.05, 0.1) is 18.2 Å². The van der Waals surface area contributed by atoms with Crippen molar-refractivity contribution in [2.75, 3.05) is 14.2 Å². The number of aromatic amines is 1. The highest BCUT2D eigenvalue weighted by molar-refractivity contribution is 5.96. The van der Waals surface area contributed by atoms with Crippen molar-refractivity contribution < 1.29 is 19.0 Å². The predicted octanol–water partition coefficient (Wildman–Crippen LogP) is 4.79. The fourth-order valence-electron chi connectivity index (χ4n) is 4.12. The molecule has 1 unspecified atom stereocenters. The van der Waals surface area contributed by atoms with Crippen molar-refractivity contribution in [1.82, 2.24) is 19.5 Å². The minimum absolute atomic E-state index is 0.411. The van der Waals surface area contributed by atoms with E-state index in [0.717, 1.165) is 10.9 Å². The first kappa shape index (κ1) is 23.3. The molecule has 0 aliphatic rings. The first-order valence-corrected chi connectivity index (χ1v) is 10.8. The van der Waals surface area contributed by atoms with E-state index >= 15 is 0 Å². The molecule has 9 nitrogen and oxygen atoms in total. The van der Waals surface area contributed by atoms with Gasteiger partial charge in [0, 0.05) is 30.5 Å². The highest BCUT2D eigenvalue weighted by atomic mass is 16.6. The number of H-pyrrole nitrogens is 1. The number of pyridine rings is 1. The van der Waals surface area contributed by atoms with Gasteiger partial charge in [-0.2, -0.15) is 5.26 Å². The average Bonchev–Trinajstić information content (AvgIpc) is 3.42. The SMILES string of the molecule is COc1cc(C)c2c(ccn2C(=O)OC(C)(C)C)c1C(C)(OC)c1nc2cc(C#N)cnc2[nH]1. The highest BCUT2D eigenvalue weighted by Crippen LogP contribution is 2.43. The molecule has 0 amide bonds. The number of nitrogens with one attached hydrogen (secondary N) is 1. The van der Waals surface area contributed by atoms with Gasteiger partial charge in [-0.05, 0) is 58.4 Å². The van der Waals surface area contributed by atoms with Gasteiger partial charge < -0.3 is 19.2 Å². The van der Waals surface area contributed by atoms with Crippen LogP contribution in [0.4, 0.5) is 4.79 Å². The molecule has 3 heterocycles. The molecular formula is C25H27N5O4. The van der Waals surface area contributed by atoms with Crippen molar-refractivity contribution in [3.05, 3.63) is 53.1 Å². The molecule has 4 aromatic rings. The molecular weight excluding hydrogens is 434 g/mol. The van der Waals surface area contributed by atoms with Crippen LogP contribution in [-0.2, 0) is 15.1 Å². The summed E-state index contributed by atoms with van der Waals surface area (Å²) in [6, 6.07) is 7.45. The Morgan fingerprint density at radius 1 is 1.21 bits per heavy atom. The van der Waals surface area contributed by atoms with Crippen LogP contribution in [0.2, 0.25) is 0 Å². The molecule has 1 atom stereocenters. The Morgan fingerprint density at radius 3 is 2.56 bits per heavy atom. The second-order valence-corrected chi connectivity index (χ2v) is 9.23. The largest absolute Gasteiger partial charge is 0.496 e. The van der Waals surface area contributed by atoms with Gasteiger partial charge in [-0.3, -0.25) is 4.57 Å². The number of ether oxygens (including phenoxy) is 3. The molecule has 176 valence electrons. The van der Waals surface area contributed by atoms with Crippen molar-refractivity contribution in [2.45, 2.75) is 45.8 Å². The van der Waals surface area contributed by atoms with Crippen molar-refractivity contribution in [2.24, 2.45) is 0 Å². The fraction of sp³-hybridized carbons (Fsp3) is 0.360. The highest BCUT2D eigenvalue weighted by Gasteiger charge is 2.38. The van der Waals surface area contributed by atoms with Crippen LogP contribution in [0.1, 0.15) is 50.2 Å². The van der Waals surface area contributed by atoms with Crippen LogP contribution in [0.25, 0.3) is 22.1 Å². The molecule has 34 heavy (non-hydrogen) atoms. The molecule has 4 rings (SSSR count). The topological polar surface area (TPSA) is 115 Å². The maximum Gasteiger partial charge on any atom is 0.419 e. The average molecular weight is 462 g/mol. The number of hydrogen-bond acceptors (Lipinski definition) is 7. The molecule has 0 radical (unpaired) electrons. The lowest BCUT2D eigenvalue weighted by atomic mass is 9.89. The standard InChI is InChI=1S/C25H27N5O4/c1-14-10-18(32-6)19(16-8-9-30(20(14)16)23(31)34-24(2,3)4)25(5,33-7)22-28-17-11-15(12-26)13-27-21(17)29-22/h8-11,13H,1-7H3,(H,27,28,29). The molecule has 0 aliphatic heterocycles. The van der Waals surface area contributed by atoms with Gasteiger partial charge in [0.2, 0.25) is 0 Å². The number of imidazole rings is 1. The van der Waals surface area contributed by atoms with E-state index in [0.29, 0.717) is 39.4 Å². The van der Waals surface area contributed by atoms with E-state index in [4.69, 9.17) is 14.2 Å². The van der Waals surface area contributed by atoms with Crippen LogP contribution in [0.5, 0.6) is 5.75 Å². The number of nitriles is 1. The zero-order valence-electron chi connectivity index (χ0n) is 20.3. The Hall–Kier alpha value is -3.90. The molecule has 0 spiro atoms. The van der Waals surface area contributed by atoms with E-state index in [1.165, 1.54) is 10.8 Å². The number of fused-ring (bicyclic) bond motifs is 2. The van der Waals surface area contributed by atoms with E-state index in [2.05, 4.69) is 21.0 Å². The maximum atomic E-state index is 12.9. The number of carbonyl (C=O) groups excluding carboxylic acids is 1. The summed E-state index contributed by atoms with van der Waals surface area (Å²) in [5.74, 6) is 1.07. The summed E-state index contributed by atoms with van der Waals surface area (Å²) in [5.41, 5.74) is 1.99. The lowest BCUT2D eigenvalue weighted by molar-refractivity contribution is 0.0316. The van der Waals surface area contributed by atoms with Crippen LogP contribution in [-0.4, -0.2) is 45.4 Å². The van der Waals surface area contributed by atoms with Crippen LogP contribution in [0, 0.1) is 18.3 Å². The lowest BCUT2D eigenvalue weighted by Gasteiger charge is -2.29. The molecule has 0 saturated heterocycles. The number of methoxy groups -OCH3 is 2.